The number of hydrogen-bond donors (Lipinski definition) is 0. The van der Waals surface area contributed by atoms with E-state index in [0.717, 1.165) is 34.0 Å². The Morgan fingerprint density at radius 3 is 2.68 bits per heavy atom. The van der Waals surface area contributed by atoms with E-state index in [1.807, 2.05) is 36.6 Å². The molecule has 3 aromatic rings. The van der Waals surface area contributed by atoms with E-state index in [4.69, 9.17) is 4.74 Å². The van der Waals surface area contributed by atoms with E-state index in [2.05, 4.69) is 20.9 Å². The highest BCUT2D eigenvalue weighted by atomic mass is 79.9. The first-order valence-electron chi connectivity index (χ1n) is 11.4. The molecule has 0 spiro atoms. The van der Waals surface area contributed by atoms with Crippen molar-refractivity contribution in [2.75, 3.05) is 19.8 Å². The van der Waals surface area contributed by atoms with Crippen LogP contribution in [-0.2, 0) is 21.3 Å². The van der Waals surface area contributed by atoms with Gasteiger partial charge in [0.25, 0.3) is 5.91 Å². The summed E-state index contributed by atoms with van der Waals surface area (Å²) in [7, 11) is -3.58. The summed E-state index contributed by atoms with van der Waals surface area (Å²) in [6, 6.07) is 12.0. The second-order valence-corrected chi connectivity index (χ2v) is 12.1. The third-order valence-corrected chi connectivity index (χ3v) is 9.52. The number of aromatic nitrogens is 1. The van der Waals surface area contributed by atoms with Gasteiger partial charge >= 0.3 is 0 Å². The number of benzene rings is 2. The number of sulfonamides is 1. The molecule has 0 aliphatic carbocycles. The minimum Gasteiger partial charge on any atom is -0.380 e. The molecule has 2 heterocycles. The van der Waals surface area contributed by atoms with Gasteiger partial charge in [-0.2, -0.15) is 9.30 Å². The number of halogens is 1. The second kappa shape index (κ2) is 10.8. The lowest BCUT2D eigenvalue weighted by molar-refractivity contribution is 0.0996. The standard InChI is InChI=1S/C24H28BrN3O4S2/c1-3-32-15-14-27-21-12-9-19(25)16-22(21)33-24(27)26-23(29)18-7-10-20(11-8-18)34(30,31)28-13-5-4-6-17(28)2/h7-12,16-17H,3-6,13-15H2,1-2H3. The fourth-order valence-corrected chi connectivity index (χ4v) is 7.44. The minimum atomic E-state index is -3.58. The Kier molecular flexibility index (Phi) is 8.04. The molecule has 1 aromatic heterocycles. The Labute approximate surface area is 212 Å². The van der Waals surface area contributed by atoms with Gasteiger partial charge in [-0.05, 0) is 69.2 Å². The fraction of sp³-hybridized carbons (Fsp3) is 0.417. The number of amides is 1. The summed E-state index contributed by atoms with van der Waals surface area (Å²) in [5, 5.41) is 0. The number of carbonyl (C=O) groups is 1. The molecule has 1 aliphatic heterocycles. The largest absolute Gasteiger partial charge is 0.380 e. The van der Waals surface area contributed by atoms with Crippen LogP contribution in [0.2, 0.25) is 0 Å². The zero-order valence-electron chi connectivity index (χ0n) is 19.2. The lowest BCUT2D eigenvalue weighted by Gasteiger charge is -2.32. The Balaban J connectivity index is 1.63. The molecule has 34 heavy (non-hydrogen) atoms. The Hall–Kier alpha value is -1.85. The predicted molar refractivity (Wildman–Crippen MR) is 138 cm³/mol. The Morgan fingerprint density at radius 1 is 1.21 bits per heavy atom. The normalized spacial score (nSPS) is 18.0. The van der Waals surface area contributed by atoms with E-state index in [1.54, 1.807) is 16.4 Å². The van der Waals surface area contributed by atoms with Gasteiger partial charge in [-0.15, -0.1) is 0 Å². The summed E-state index contributed by atoms with van der Waals surface area (Å²) in [6.45, 7) is 6.12. The van der Waals surface area contributed by atoms with Crippen molar-refractivity contribution in [3.63, 3.8) is 0 Å². The van der Waals surface area contributed by atoms with Gasteiger partial charge in [-0.3, -0.25) is 4.79 Å². The molecule has 7 nitrogen and oxygen atoms in total. The summed E-state index contributed by atoms with van der Waals surface area (Å²) < 4.78 is 37.2. The van der Waals surface area contributed by atoms with Crippen LogP contribution in [0.4, 0.5) is 0 Å². The number of piperidine rings is 1. The molecule has 0 N–H and O–H groups in total. The van der Waals surface area contributed by atoms with Crippen molar-refractivity contribution in [2.24, 2.45) is 4.99 Å². The third-order valence-electron chi connectivity index (χ3n) is 5.96. The summed E-state index contributed by atoms with van der Waals surface area (Å²) >= 11 is 4.93. The van der Waals surface area contributed by atoms with E-state index in [1.165, 1.54) is 23.5 Å². The average molecular weight is 567 g/mol. The maximum Gasteiger partial charge on any atom is 0.279 e. The van der Waals surface area contributed by atoms with Crippen molar-refractivity contribution in [3.8, 4) is 0 Å². The third kappa shape index (κ3) is 5.36. The highest BCUT2D eigenvalue weighted by molar-refractivity contribution is 9.10. The van der Waals surface area contributed by atoms with Crippen molar-refractivity contribution < 1.29 is 17.9 Å². The van der Waals surface area contributed by atoms with Crippen molar-refractivity contribution in [1.82, 2.24) is 8.87 Å². The molecular formula is C24H28BrN3O4S2. The summed E-state index contributed by atoms with van der Waals surface area (Å²) in [5.74, 6) is -0.411. The zero-order chi connectivity index (χ0) is 24.3. The number of thiazole rings is 1. The van der Waals surface area contributed by atoms with Crippen LogP contribution >= 0.6 is 27.3 Å². The topological polar surface area (TPSA) is 81.0 Å². The first kappa shape index (κ1) is 25.2. The molecule has 4 rings (SSSR count). The lowest BCUT2D eigenvalue weighted by Crippen LogP contribution is -2.41. The van der Waals surface area contributed by atoms with Crippen molar-refractivity contribution in [1.29, 1.82) is 0 Å². The van der Waals surface area contributed by atoms with Gasteiger partial charge in [-0.25, -0.2) is 8.42 Å². The van der Waals surface area contributed by atoms with Crippen LogP contribution in [0.5, 0.6) is 0 Å². The molecular weight excluding hydrogens is 538 g/mol. The zero-order valence-corrected chi connectivity index (χ0v) is 22.5. The summed E-state index contributed by atoms with van der Waals surface area (Å²) in [5.41, 5.74) is 1.33. The average Bonchev–Trinajstić information content (AvgIpc) is 3.15. The van der Waals surface area contributed by atoms with Gasteiger partial charge < -0.3 is 9.30 Å². The Bertz CT molecular complexity index is 1350. The Morgan fingerprint density at radius 2 is 1.97 bits per heavy atom. The number of hydrogen-bond acceptors (Lipinski definition) is 5. The van der Waals surface area contributed by atoms with Crippen LogP contribution in [0, 0.1) is 0 Å². The molecule has 1 aliphatic rings. The fourth-order valence-electron chi connectivity index (χ4n) is 4.13. The van der Waals surface area contributed by atoms with Crippen molar-refractivity contribution in [2.45, 2.75) is 50.6 Å². The molecule has 2 aromatic carbocycles. The van der Waals surface area contributed by atoms with Crippen LogP contribution in [0.3, 0.4) is 0 Å². The van der Waals surface area contributed by atoms with Crippen LogP contribution in [0.25, 0.3) is 10.2 Å². The van der Waals surface area contributed by atoms with Crippen LogP contribution in [0.15, 0.2) is 56.8 Å². The van der Waals surface area contributed by atoms with Gasteiger partial charge in [0.1, 0.15) is 0 Å². The molecule has 1 saturated heterocycles. The number of carbonyl (C=O) groups excluding carboxylic acids is 1. The highest BCUT2D eigenvalue weighted by Crippen LogP contribution is 2.26. The summed E-state index contributed by atoms with van der Waals surface area (Å²) in [6.07, 6.45) is 2.78. The minimum absolute atomic E-state index is 0.0183. The van der Waals surface area contributed by atoms with Gasteiger partial charge in [-0.1, -0.05) is 33.7 Å². The maximum absolute atomic E-state index is 13.1. The van der Waals surface area contributed by atoms with Gasteiger partial charge in [0, 0.05) is 35.8 Å². The second-order valence-electron chi connectivity index (χ2n) is 8.25. The van der Waals surface area contributed by atoms with E-state index in [0.29, 0.717) is 36.7 Å². The number of fused-ring (bicyclic) bond motifs is 1. The molecule has 10 heteroatoms. The van der Waals surface area contributed by atoms with Crippen molar-refractivity contribution in [3.05, 3.63) is 57.3 Å². The quantitative estimate of drug-likeness (QED) is 0.385. The molecule has 182 valence electrons. The predicted octanol–water partition coefficient (Wildman–Crippen LogP) is 4.81. The van der Waals surface area contributed by atoms with Crippen molar-refractivity contribution >= 4 is 53.4 Å². The van der Waals surface area contributed by atoms with Gasteiger partial charge in [0.2, 0.25) is 10.0 Å². The van der Waals surface area contributed by atoms with E-state index in [-0.39, 0.29) is 10.9 Å². The molecule has 1 unspecified atom stereocenters. The molecule has 1 atom stereocenters. The first-order chi connectivity index (χ1) is 16.3. The number of ether oxygens (including phenoxy) is 1. The summed E-state index contributed by atoms with van der Waals surface area (Å²) in [4.78, 5) is 18.1. The van der Waals surface area contributed by atoms with Crippen LogP contribution in [0.1, 0.15) is 43.5 Å². The van der Waals surface area contributed by atoms with Crippen LogP contribution < -0.4 is 4.80 Å². The van der Waals surface area contributed by atoms with Crippen LogP contribution in [-0.4, -0.2) is 49.0 Å². The van der Waals surface area contributed by atoms with Gasteiger partial charge in [0.15, 0.2) is 4.80 Å². The van der Waals surface area contributed by atoms with Gasteiger partial charge in [0.05, 0.1) is 21.7 Å². The SMILES string of the molecule is CCOCCn1c(=NC(=O)c2ccc(S(=O)(=O)N3CCCCC3C)cc2)sc2cc(Br)ccc21. The lowest BCUT2D eigenvalue weighted by atomic mass is 10.1. The van der Waals surface area contributed by atoms with E-state index in [9.17, 15) is 13.2 Å². The number of rotatable bonds is 7. The number of nitrogens with zero attached hydrogens (tertiary/aromatic N) is 3. The molecule has 0 radical (unpaired) electrons. The van der Waals surface area contributed by atoms with E-state index < -0.39 is 15.9 Å². The molecule has 0 bridgehead atoms. The molecule has 1 fully saturated rings. The molecule has 0 saturated carbocycles. The van der Waals surface area contributed by atoms with E-state index >= 15 is 0 Å². The monoisotopic (exact) mass is 565 g/mol. The maximum atomic E-state index is 13.1. The molecule has 1 amide bonds. The first-order valence-corrected chi connectivity index (χ1v) is 14.4. The smallest absolute Gasteiger partial charge is 0.279 e. The highest BCUT2D eigenvalue weighted by Gasteiger charge is 2.30.